The van der Waals surface area contributed by atoms with E-state index in [4.69, 9.17) is 0 Å². The molecule has 30 heavy (non-hydrogen) atoms. The third-order valence-corrected chi connectivity index (χ3v) is 9.44. The molecule has 3 saturated carbocycles. The summed E-state index contributed by atoms with van der Waals surface area (Å²) in [6, 6.07) is 9.65. The molecule has 0 amide bonds. The van der Waals surface area contributed by atoms with Gasteiger partial charge in [-0.05, 0) is 85.9 Å². The van der Waals surface area contributed by atoms with Crippen LogP contribution in [0.3, 0.4) is 0 Å². The summed E-state index contributed by atoms with van der Waals surface area (Å²) in [7, 11) is 0. The minimum Gasteiger partial charge on any atom is -0.396 e. The number of ketones is 1. The fraction of sp³-hybridized carbons (Fsp3) is 0.741. The SMILES string of the molecule is C[C@H](CCC(=O)c1ccccc1)[C@@H]1CC[C@H]2[C@H]3CC[C@H](CCO)C[C@@H]3C[C@@H](O)[C@@]21C. The van der Waals surface area contributed by atoms with Crippen molar-refractivity contribution in [2.75, 3.05) is 6.61 Å². The van der Waals surface area contributed by atoms with Gasteiger partial charge in [0.2, 0.25) is 0 Å². The van der Waals surface area contributed by atoms with Gasteiger partial charge in [0.25, 0.3) is 0 Å². The number of fused-ring (bicyclic) bond motifs is 3. The van der Waals surface area contributed by atoms with Crippen LogP contribution in [0.5, 0.6) is 0 Å². The molecule has 166 valence electrons. The summed E-state index contributed by atoms with van der Waals surface area (Å²) in [6.07, 6.45) is 9.31. The first kappa shape index (κ1) is 22.0. The minimum atomic E-state index is -0.226. The largest absolute Gasteiger partial charge is 0.396 e. The van der Waals surface area contributed by atoms with Crippen LogP contribution in [0, 0.1) is 40.9 Å². The summed E-state index contributed by atoms with van der Waals surface area (Å²) in [5, 5.41) is 20.7. The number of carbonyl (C=O) groups excluding carboxylic acids is 1. The topological polar surface area (TPSA) is 57.5 Å². The highest BCUT2D eigenvalue weighted by atomic mass is 16.3. The molecule has 3 aliphatic rings. The number of hydrogen-bond donors (Lipinski definition) is 2. The maximum Gasteiger partial charge on any atom is 0.162 e. The lowest BCUT2D eigenvalue weighted by molar-refractivity contribution is -0.124. The van der Waals surface area contributed by atoms with Gasteiger partial charge < -0.3 is 10.2 Å². The Morgan fingerprint density at radius 1 is 1.13 bits per heavy atom. The molecule has 3 fully saturated rings. The number of benzene rings is 1. The van der Waals surface area contributed by atoms with Gasteiger partial charge in [-0.3, -0.25) is 4.79 Å². The molecule has 0 aromatic heterocycles. The van der Waals surface area contributed by atoms with Crippen LogP contribution in [-0.2, 0) is 0 Å². The van der Waals surface area contributed by atoms with Crippen molar-refractivity contribution in [2.45, 2.75) is 77.7 Å². The second-order valence-corrected chi connectivity index (χ2v) is 10.8. The molecule has 3 heteroatoms. The van der Waals surface area contributed by atoms with Gasteiger partial charge in [0, 0.05) is 18.6 Å². The number of rotatable bonds is 7. The molecular formula is C27H40O3. The molecule has 0 saturated heterocycles. The molecule has 1 aromatic carbocycles. The van der Waals surface area contributed by atoms with E-state index in [0.29, 0.717) is 42.6 Å². The number of aliphatic hydroxyl groups excluding tert-OH is 2. The Hall–Kier alpha value is -1.19. The zero-order valence-electron chi connectivity index (χ0n) is 18.8. The molecule has 0 spiro atoms. The Labute approximate surface area is 182 Å². The van der Waals surface area contributed by atoms with E-state index < -0.39 is 0 Å². The molecule has 4 rings (SSSR count). The van der Waals surface area contributed by atoms with Crippen molar-refractivity contribution >= 4 is 5.78 Å². The highest BCUT2D eigenvalue weighted by Crippen LogP contribution is 2.63. The lowest BCUT2D eigenvalue weighted by Gasteiger charge is -2.55. The molecule has 0 radical (unpaired) electrons. The second kappa shape index (κ2) is 9.12. The van der Waals surface area contributed by atoms with Gasteiger partial charge >= 0.3 is 0 Å². The highest BCUT2D eigenvalue weighted by Gasteiger charge is 2.59. The van der Waals surface area contributed by atoms with E-state index in [2.05, 4.69) is 13.8 Å². The first-order valence-electron chi connectivity index (χ1n) is 12.3. The Bertz CT molecular complexity index is 716. The Morgan fingerprint density at radius 2 is 1.90 bits per heavy atom. The molecular weight excluding hydrogens is 372 g/mol. The zero-order valence-corrected chi connectivity index (χ0v) is 18.8. The summed E-state index contributed by atoms with van der Waals surface area (Å²) < 4.78 is 0. The molecule has 0 aliphatic heterocycles. The van der Waals surface area contributed by atoms with Crippen molar-refractivity contribution in [3.05, 3.63) is 35.9 Å². The van der Waals surface area contributed by atoms with Crippen molar-refractivity contribution in [3.8, 4) is 0 Å². The first-order valence-corrected chi connectivity index (χ1v) is 12.3. The van der Waals surface area contributed by atoms with Gasteiger partial charge in [-0.15, -0.1) is 0 Å². The summed E-state index contributed by atoms with van der Waals surface area (Å²) in [5.74, 6) is 3.87. The van der Waals surface area contributed by atoms with Crippen LogP contribution in [0.4, 0.5) is 0 Å². The monoisotopic (exact) mass is 412 g/mol. The van der Waals surface area contributed by atoms with Gasteiger partial charge in [0.15, 0.2) is 5.78 Å². The third-order valence-electron chi connectivity index (χ3n) is 9.44. The molecule has 0 heterocycles. The maximum atomic E-state index is 12.6. The van der Waals surface area contributed by atoms with E-state index in [1.165, 1.54) is 32.1 Å². The predicted molar refractivity (Wildman–Crippen MR) is 120 cm³/mol. The summed E-state index contributed by atoms with van der Waals surface area (Å²) >= 11 is 0. The molecule has 3 nitrogen and oxygen atoms in total. The number of carbonyl (C=O) groups is 1. The van der Waals surface area contributed by atoms with E-state index in [9.17, 15) is 15.0 Å². The smallest absolute Gasteiger partial charge is 0.162 e. The van der Waals surface area contributed by atoms with Gasteiger partial charge in [-0.2, -0.15) is 0 Å². The molecule has 0 bridgehead atoms. The molecule has 2 N–H and O–H groups in total. The Morgan fingerprint density at radius 3 is 2.63 bits per heavy atom. The zero-order chi connectivity index (χ0) is 21.3. The average molecular weight is 413 g/mol. The average Bonchev–Trinajstić information content (AvgIpc) is 3.12. The summed E-state index contributed by atoms with van der Waals surface area (Å²) in [5.41, 5.74) is 0.820. The number of Topliss-reactive ketones (excluding diaryl/α,β-unsaturated/α-hetero) is 1. The lowest BCUT2D eigenvalue weighted by atomic mass is 9.51. The van der Waals surface area contributed by atoms with Crippen LogP contribution >= 0.6 is 0 Å². The van der Waals surface area contributed by atoms with Crippen molar-refractivity contribution in [3.63, 3.8) is 0 Å². The number of hydrogen-bond acceptors (Lipinski definition) is 3. The van der Waals surface area contributed by atoms with Crippen molar-refractivity contribution in [1.29, 1.82) is 0 Å². The normalized spacial score (nSPS) is 39.2. The second-order valence-electron chi connectivity index (χ2n) is 10.8. The van der Waals surface area contributed by atoms with E-state index in [1.54, 1.807) is 0 Å². The third kappa shape index (κ3) is 4.00. The van der Waals surface area contributed by atoms with Crippen molar-refractivity contribution in [2.24, 2.45) is 40.9 Å². The molecule has 8 atom stereocenters. The quantitative estimate of drug-likeness (QED) is 0.582. The number of aliphatic hydroxyl groups is 2. The Kier molecular flexibility index (Phi) is 6.70. The van der Waals surface area contributed by atoms with Crippen LogP contribution < -0.4 is 0 Å². The van der Waals surface area contributed by atoms with Gasteiger partial charge in [0.1, 0.15) is 0 Å². The van der Waals surface area contributed by atoms with Crippen LogP contribution in [-0.4, -0.2) is 28.7 Å². The fourth-order valence-electron chi connectivity index (χ4n) is 7.82. The van der Waals surface area contributed by atoms with Crippen molar-refractivity contribution < 1.29 is 15.0 Å². The van der Waals surface area contributed by atoms with E-state index in [0.717, 1.165) is 30.7 Å². The summed E-state index contributed by atoms with van der Waals surface area (Å²) in [4.78, 5) is 12.6. The van der Waals surface area contributed by atoms with Crippen LogP contribution in [0.1, 0.15) is 82.0 Å². The van der Waals surface area contributed by atoms with Crippen LogP contribution in [0.15, 0.2) is 30.3 Å². The Balaban J connectivity index is 1.41. The lowest BCUT2D eigenvalue weighted by Crippen LogP contribution is -2.53. The molecule has 3 aliphatic carbocycles. The van der Waals surface area contributed by atoms with Gasteiger partial charge in [-0.25, -0.2) is 0 Å². The van der Waals surface area contributed by atoms with E-state index in [-0.39, 0.29) is 17.3 Å². The van der Waals surface area contributed by atoms with Crippen molar-refractivity contribution in [1.82, 2.24) is 0 Å². The van der Waals surface area contributed by atoms with Gasteiger partial charge in [0.05, 0.1) is 6.10 Å². The fourth-order valence-corrected chi connectivity index (χ4v) is 7.82. The molecule has 1 aromatic rings. The van der Waals surface area contributed by atoms with E-state index in [1.807, 2.05) is 30.3 Å². The standard InChI is InChI=1S/C27H40O3/c1-18(8-13-25(29)20-6-4-3-5-7-20)23-11-12-24-22-10-9-19(14-15-28)16-21(22)17-26(30)27(23,24)2/h3-7,18-19,21-24,26,28,30H,8-17H2,1-2H3/t18-,19-,21-,22+,23+,24+,26-,27-/m1/s1. The van der Waals surface area contributed by atoms with Crippen LogP contribution in [0.2, 0.25) is 0 Å². The van der Waals surface area contributed by atoms with Gasteiger partial charge in [-0.1, -0.05) is 50.6 Å². The highest BCUT2D eigenvalue weighted by molar-refractivity contribution is 5.95. The first-order chi connectivity index (χ1) is 14.4. The van der Waals surface area contributed by atoms with Crippen LogP contribution in [0.25, 0.3) is 0 Å². The predicted octanol–water partition coefficient (Wildman–Crippen LogP) is 5.50. The molecule has 0 unspecified atom stereocenters. The minimum absolute atomic E-state index is 0.000192. The maximum absolute atomic E-state index is 12.6. The van der Waals surface area contributed by atoms with E-state index >= 15 is 0 Å². The summed E-state index contributed by atoms with van der Waals surface area (Å²) in [6.45, 7) is 4.98.